The quantitative estimate of drug-likeness (QED) is 0.656. The SMILES string of the molecule is [3H]c1csc(OCc2nccnc2-n2nnn(C)c2=O)n1. The summed E-state index contributed by atoms with van der Waals surface area (Å²) in [5.41, 5.74) is -0.0127. The van der Waals surface area contributed by atoms with Gasteiger partial charge in [0.25, 0.3) is 5.19 Å². The first-order chi connectivity index (χ1) is 10.1. The van der Waals surface area contributed by atoms with Crippen LogP contribution < -0.4 is 10.4 Å². The first-order valence-electron chi connectivity index (χ1n) is 5.99. The summed E-state index contributed by atoms with van der Waals surface area (Å²) in [7, 11) is 1.49. The van der Waals surface area contributed by atoms with Crippen LogP contribution in [0.3, 0.4) is 0 Å². The van der Waals surface area contributed by atoms with Crippen molar-refractivity contribution in [2.75, 3.05) is 0 Å². The molecule has 0 aliphatic heterocycles. The maximum Gasteiger partial charge on any atom is 0.369 e. The van der Waals surface area contributed by atoms with Crippen molar-refractivity contribution in [1.82, 2.24) is 34.7 Å². The van der Waals surface area contributed by atoms with Gasteiger partial charge in [0, 0.05) is 31.0 Å². The van der Waals surface area contributed by atoms with Crippen LogP contribution in [-0.4, -0.2) is 34.7 Å². The number of nitrogens with zero attached hydrogens (tertiary/aromatic N) is 7. The molecule has 0 aromatic carbocycles. The third kappa shape index (κ3) is 2.28. The molecule has 3 aromatic rings. The molecule has 0 N–H and O–H groups in total. The number of hydrogen-bond acceptors (Lipinski definition) is 8. The maximum absolute atomic E-state index is 11.9. The summed E-state index contributed by atoms with van der Waals surface area (Å²) in [6.07, 6.45) is 3.08. The van der Waals surface area contributed by atoms with E-state index in [4.69, 9.17) is 6.11 Å². The molecule has 0 saturated carbocycles. The van der Waals surface area contributed by atoms with Crippen LogP contribution in [0.5, 0.6) is 5.19 Å². The van der Waals surface area contributed by atoms with E-state index in [1.807, 2.05) is 0 Å². The molecule has 10 heteroatoms. The molecule has 0 aliphatic carbocycles. The molecule has 20 heavy (non-hydrogen) atoms. The largest absolute Gasteiger partial charge is 0.463 e. The number of hydrogen-bond donors (Lipinski definition) is 0. The van der Waals surface area contributed by atoms with E-state index in [0.29, 0.717) is 10.9 Å². The molecule has 0 spiro atoms. The summed E-state index contributed by atoms with van der Waals surface area (Å²) < 4.78 is 14.9. The highest BCUT2D eigenvalue weighted by Crippen LogP contribution is 2.16. The number of tetrazole rings is 1. The third-order valence-electron chi connectivity index (χ3n) is 2.37. The molecule has 0 bridgehead atoms. The van der Waals surface area contributed by atoms with Crippen LogP contribution in [0.15, 0.2) is 28.7 Å². The van der Waals surface area contributed by atoms with E-state index in [1.165, 1.54) is 30.8 Å². The summed E-state index contributed by atoms with van der Waals surface area (Å²) in [6.45, 7) is 0.0547. The van der Waals surface area contributed by atoms with E-state index in [2.05, 4.69) is 25.4 Å². The topological polar surface area (TPSA) is 101 Å². The van der Waals surface area contributed by atoms with Gasteiger partial charge in [0.15, 0.2) is 5.82 Å². The Morgan fingerprint density at radius 3 is 2.90 bits per heavy atom. The number of aromatic nitrogens is 7. The van der Waals surface area contributed by atoms with Gasteiger partial charge in [-0.25, -0.2) is 14.8 Å². The van der Waals surface area contributed by atoms with Crippen LogP contribution in [-0.2, 0) is 13.7 Å². The van der Waals surface area contributed by atoms with Crippen LogP contribution in [0.4, 0.5) is 0 Å². The second kappa shape index (κ2) is 5.17. The van der Waals surface area contributed by atoms with Crippen molar-refractivity contribution >= 4 is 11.3 Å². The molecule has 0 saturated heterocycles. The van der Waals surface area contributed by atoms with E-state index in [0.717, 1.165) is 9.36 Å². The van der Waals surface area contributed by atoms with E-state index in [-0.39, 0.29) is 18.6 Å². The number of rotatable bonds is 4. The number of ether oxygens (including phenoxy) is 1. The molecule has 102 valence electrons. The van der Waals surface area contributed by atoms with Gasteiger partial charge < -0.3 is 4.74 Å². The fourth-order valence-electron chi connectivity index (χ4n) is 1.46. The number of thiazole rings is 1. The Bertz CT molecular complexity index is 827. The van der Waals surface area contributed by atoms with Crippen LogP contribution in [0.1, 0.15) is 7.06 Å². The van der Waals surface area contributed by atoms with Crippen molar-refractivity contribution in [3.63, 3.8) is 0 Å². The van der Waals surface area contributed by atoms with Gasteiger partial charge in [-0.3, -0.25) is 4.98 Å². The zero-order valence-corrected chi connectivity index (χ0v) is 11.1. The minimum atomic E-state index is -0.431. The molecule has 0 aliphatic rings. The molecule has 0 unspecified atom stereocenters. The second-order valence-corrected chi connectivity index (χ2v) is 4.48. The highest BCUT2D eigenvalue weighted by Gasteiger charge is 2.14. The van der Waals surface area contributed by atoms with Gasteiger partial charge in [-0.15, -0.1) is 4.68 Å². The second-order valence-electron chi connectivity index (χ2n) is 3.65. The van der Waals surface area contributed by atoms with Crippen molar-refractivity contribution in [1.29, 1.82) is 0 Å². The Labute approximate surface area is 117 Å². The Balaban J connectivity index is 1.89. The summed E-state index contributed by atoms with van der Waals surface area (Å²) in [5.74, 6) is 0.248. The van der Waals surface area contributed by atoms with E-state index in [9.17, 15) is 4.79 Å². The Hall–Kier alpha value is -2.62. The fraction of sp³-hybridized carbons (Fsp3) is 0.200. The zero-order valence-electron chi connectivity index (χ0n) is 11.3. The van der Waals surface area contributed by atoms with Crippen LogP contribution in [0, 0.1) is 0 Å². The third-order valence-corrected chi connectivity index (χ3v) is 3.01. The van der Waals surface area contributed by atoms with Crippen molar-refractivity contribution in [2.24, 2.45) is 7.05 Å². The maximum atomic E-state index is 11.9. The lowest BCUT2D eigenvalue weighted by Gasteiger charge is -2.05. The van der Waals surface area contributed by atoms with Crippen molar-refractivity contribution < 1.29 is 6.11 Å². The van der Waals surface area contributed by atoms with Gasteiger partial charge in [0.05, 0.1) is 1.37 Å². The lowest BCUT2D eigenvalue weighted by molar-refractivity contribution is 0.298. The average Bonchev–Trinajstić information content (AvgIpc) is 3.04. The Morgan fingerprint density at radius 2 is 2.20 bits per heavy atom. The van der Waals surface area contributed by atoms with Crippen molar-refractivity contribution in [3.8, 4) is 11.0 Å². The summed E-state index contributed by atoms with van der Waals surface area (Å²) >= 11 is 1.21. The lowest BCUT2D eigenvalue weighted by atomic mass is 10.4. The van der Waals surface area contributed by atoms with Gasteiger partial charge in [-0.2, -0.15) is 4.68 Å². The highest BCUT2D eigenvalue weighted by atomic mass is 32.1. The molecule has 0 radical (unpaired) electrons. The van der Waals surface area contributed by atoms with Crippen molar-refractivity contribution in [2.45, 2.75) is 6.61 Å². The first-order valence-corrected chi connectivity index (χ1v) is 6.37. The van der Waals surface area contributed by atoms with E-state index < -0.39 is 5.69 Å². The van der Waals surface area contributed by atoms with Gasteiger partial charge in [0.2, 0.25) is 0 Å². The summed E-state index contributed by atoms with van der Waals surface area (Å²) in [4.78, 5) is 23.9. The normalized spacial score (nSPS) is 11.3. The fourth-order valence-corrected chi connectivity index (χ4v) is 1.90. The van der Waals surface area contributed by atoms with E-state index >= 15 is 0 Å². The minimum Gasteiger partial charge on any atom is -0.463 e. The smallest absolute Gasteiger partial charge is 0.369 e. The first kappa shape index (κ1) is 11.2. The predicted molar refractivity (Wildman–Crippen MR) is 68.6 cm³/mol. The molecule has 0 atom stereocenters. The predicted octanol–water partition coefficient (Wildman–Crippen LogP) is -0.209. The lowest BCUT2D eigenvalue weighted by Crippen LogP contribution is -2.24. The molecule has 9 nitrogen and oxygen atoms in total. The minimum absolute atomic E-state index is 0.0547. The summed E-state index contributed by atoms with van der Waals surface area (Å²) in [5, 5.41) is 9.26. The van der Waals surface area contributed by atoms with Crippen LogP contribution in [0.2, 0.25) is 0 Å². The molecule has 0 fully saturated rings. The molecular weight excluding hydrogens is 282 g/mol. The van der Waals surface area contributed by atoms with Gasteiger partial charge >= 0.3 is 5.69 Å². The van der Waals surface area contributed by atoms with E-state index in [1.54, 1.807) is 5.38 Å². The standard InChI is InChI=1S/C10H9N7O2S/c1-16-10(18)17(15-14-16)8-7(11-2-3-12-8)6-19-9-13-4-5-20-9/h2-5H,6H2,1H3/i4T. The molecule has 3 heterocycles. The molecule has 3 rings (SSSR count). The van der Waals surface area contributed by atoms with Gasteiger partial charge in [-0.05, 0) is 10.4 Å². The molecule has 0 amide bonds. The zero-order chi connectivity index (χ0) is 14.8. The molecular formula is C10H9N7O2S. The monoisotopic (exact) mass is 293 g/mol. The summed E-state index contributed by atoms with van der Waals surface area (Å²) in [6, 6.07) is 0. The van der Waals surface area contributed by atoms with Crippen LogP contribution >= 0.6 is 11.3 Å². The number of aryl methyl sites for hydroxylation is 1. The highest BCUT2D eigenvalue weighted by molar-refractivity contribution is 7.11. The Morgan fingerprint density at radius 1 is 1.35 bits per heavy atom. The molecule has 3 aromatic heterocycles. The van der Waals surface area contributed by atoms with Gasteiger partial charge in [-0.1, -0.05) is 11.3 Å². The van der Waals surface area contributed by atoms with Gasteiger partial charge in [0.1, 0.15) is 12.3 Å². The average molecular weight is 293 g/mol. The van der Waals surface area contributed by atoms with Crippen molar-refractivity contribution in [3.05, 3.63) is 40.1 Å². The van der Waals surface area contributed by atoms with Crippen LogP contribution in [0.25, 0.3) is 5.82 Å². The Kier molecular flexibility index (Phi) is 2.90.